The average molecular weight is 239 g/mol. The van der Waals surface area contributed by atoms with Crippen molar-refractivity contribution < 1.29 is 5.11 Å². The third-order valence-corrected chi connectivity index (χ3v) is 3.78. The summed E-state index contributed by atoms with van der Waals surface area (Å²) in [6, 6.07) is 4.19. The van der Waals surface area contributed by atoms with E-state index >= 15 is 0 Å². The van der Waals surface area contributed by atoms with Crippen LogP contribution in [-0.2, 0) is 12.8 Å². The first-order valence-electron chi connectivity index (χ1n) is 4.88. The Morgan fingerprint density at radius 3 is 3.00 bits per heavy atom. The molecule has 0 aliphatic carbocycles. The highest BCUT2D eigenvalue weighted by molar-refractivity contribution is 7.11. The van der Waals surface area contributed by atoms with Crippen molar-refractivity contribution in [3.05, 3.63) is 38.5 Å². The largest absolute Gasteiger partial charge is 0.393 e. The molecule has 1 N–H and O–H groups in total. The highest BCUT2D eigenvalue weighted by atomic mass is 32.1. The molecule has 0 radical (unpaired) electrons. The van der Waals surface area contributed by atoms with E-state index in [2.05, 4.69) is 22.5 Å². The van der Waals surface area contributed by atoms with Crippen molar-refractivity contribution in [2.45, 2.75) is 25.9 Å². The molecule has 0 bridgehead atoms. The number of thiazole rings is 1. The number of aliphatic hydroxyl groups is 1. The van der Waals surface area contributed by atoms with Crippen LogP contribution in [0.3, 0.4) is 0 Å². The van der Waals surface area contributed by atoms with Crippen molar-refractivity contribution in [3.8, 4) is 0 Å². The first-order chi connectivity index (χ1) is 7.24. The summed E-state index contributed by atoms with van der Waals surface area (Å²) in [5, 5.41) is 14.5. The molecule has 0 amide bonds. The van der Waals surface area contributed by atoms with E-state index in [0.29, 0.717) is 6.42 Å². The van der Waals surface area contributed by atoms with Crippen molar-refractivity contribution in [2.24, 2.45) is 0 Å². The lowest BCUT2D eigenvalue weighted by Crippen LogP contribution is -2.04. The van der Waals surface area contributed by atoms with E-state index in [1.165, 1.54) is 4.88 Å². The van der Waals surface area contributed by atoms with E-state index in [0.717, 1.165) is 17.1 Å². The van der Waals surface area contributed by atoms with Gasteiger partial charge in [-0.3, -0.25) is 0 Å². The standard InChI is InChI=1S/C11H13NOS2/c1-8(13)5-9-7-15-11(12-9)6-10-3-2-4-14-10/h2-4,7-8,13H,5-6H2,1H3. The summed E-state index contributed by atoms with van der Waals surface area (Å²) in [5.41, 5.74) is 1.00. The number of nitrogens with zero attached hydrogens (tertiary/aromatic N) is 1. The molecule has 0 saturated carbocycles. The second kappa shape index (κ2) is 4.88. The fraction of sp³-hybridized carbons (Fsp3) is 0.364. The molecular formula is C11H13NOS2. The molecule has 2 aromatic rings. The van der Waals surface area contributed by atoms with Crippen molar-refractivity contribution in [1.29, 1.82) is 0 Å². The van der Waals surface area contributed by atoms with Gasteiger partial charge in [0.15, 0.2) is 0 Å². The normalized spacial score (nSPS) is 12.9. The molecule has 0 aliphatic heterocycles. The fourth-order valence-electron chi connectivity index (χ4n) is 1.39. The molecular weight excluding hydrogens is 226 g/mol. The lowest BCUT2D eigenvalue weighted by atomic mass is 10.2. The van der Waals surface area contributed by atoms with Crippen molar-refractivity contribution >= 4 is 22.7 Å². The van der Waals surface area contributed by atoms with Gasteiger partial charge in [-0.2, -0.15) is 0 Å². The van der Waals surface area contributed by atoms with Gasteiger partial charge in [0.05, 0.1) is 16.8 Å². The van der Waals surface area contributed by atoms with Gasteiger partial charge >= 0.3 is 0 Å². The molecule has 2 heterocycles. The predicted octanol–water partition coefficient (Wildman–Crippen LogP) is 2.72. The highest BCUT2D eigenvalue weighted by Gasteiger charge is 2.06. The van der Waals surface area contributed by atoms with Gasteiger partial charge in [0.25, 0.3) is 0 Å². The summed E-state index contributed by atoms with van der Waals surface area (Å²) < 4.78 is 0. The Bertz CT molecular complexity index is 406. The Morgan fingerprint density at radius 2 is 2.33 bits per heavy atom. The van der Waals surface area contributed by atoms with Crippen LogP contribution in [0.1, 0.15) is 22.5 Å². The lowest BCUT2D eigenvalue weighted by Gasteiger charge is -1.98. The minimum Gasteiger partial charge on any atom is -0.393 e. The minimum atomic E-state index is -0.304. The second-order valence-electron chi connectivity index (χ2n) is 3.54. The van der Waals surface area contributed by atoms with Crippen LogP contribution in [0.15, 0.2) is 22.9 Å². The van der Waals surface area contributed by atoms with Gasteiger partial charge in [0, 0.05) is 23.1 Å². The number of aromatic nitrogens is 1. The number of thiophene rings is 1. The molecule has 2 aromatic heterocycles. The maximum Gasteiger partial charge on any atom is 0.0980 e. The maximum absolute atomic E-state index is 9.24. The second-order valence-corrected chi connectivity index (χ2v) is 5.52. The number of aliphatic hydroxyl groups excluding tert-OH is 1. The summed E-state index contributed by atoms with van der Waals surface area (Å²) in [5.74, 6) is 0. The number of hydrogen-bond acceptors (Lipinski definition) is 4. The van der Waals surface area contributed by atoms with Crippen molar-refractivity contribution in [1.82, 2.24) is 4.98 Å². The lowest BCUT2D eigenvalue weighted by molar-refractivity contribution is 0.194. The van der Waals surface area contributed by atoms with Crippen LogP contribution in [0.25, 0.3) is 0 Å². The first kappa shape index (κ1) is 10.8. The molecule has 0 saturated heterocycles. The van der Waals surface area contributed by atoms with Gasteiger partial charge in [0.2, 0.25) is 0 Å². The topological polar surface area (TPSA) is 33.1 Å². The smallest absolute Gasteiger partial charge is 0.0980 e. The van der Waals surface area contributed by atoms with Crippen LogP contribution in [0.5, 0.6) is 0 Å². The fourth-order valence-corrected chi connectivity index (χ4v) is 3.02. The first-order valence-corrected chi connectivity index (χ1v) is 6.63. The summed E-state index contributed by atoms with van der Waals surface area (Å²) in [4.78, 5) is 5.83. The van der Waals surface area contributed by atoms with Crippen molar-refractivity contribution in [3.63, 3.8) is 0 Å². The predicted molar refractivity (Wildman–Crippen MR) is 64.6 cm³/mol. The Hall–Kier alpha value is -0.710. The summed E-state index contributed by atoms with van der Waals surface area (Å²) in [6.07, 6.45) is 1.27. The van der Waals surface area contributed by atoms with Gasteiger partial charge < -0.3 is 5.11 Å². The summed E-state index contributed by atoms with van der Waals surface area (Å²) >= 11 is 3.43. The highest BCUT2D eigenvalue weighted by Crippen LogP contribution is 2.18. The molecule has 15 heavy (non-hydrogen) atoms. The van der Waals surface area contributed by atoms with Gasteiger partial charge in [-0.05, 0) is 18.4 Å². The molecule has 0 aromatic carbocycles. The van der Waals surface area contributed by atoms with Gasteiger partial charge in [-0.15, -0.1) is 22.7 Å². The average Bonchev–Trinajstić information content (AvgIpc) is 2.77. The molecule has 0 fully saturated rings. The summed E-state index contributed by atoms with van der Waals surface area (Å²) in [7, 11) is 0. The van der Waals surface area contributed by atoms with E-state index in [9.17, 15) is 5.11 Å². The molecule has 1 atom stereocenters. The van der Waals surface area contributed by atoms with E-state index < -0.39 is 0 Å². The van der Waals surface area contributed by atoms with E-state index in [4.69, 9.17) is 0 Å². The van der Waals surface area contributed by atoms with Crippen LogP contribution in [-0.4, -0.2) is 16.2 Å². The maximum atomic E-state index is 9.24. The van der Waals surface area contributed by atoms with Gasteiger partial charge in [-0.25, -0.2) is 4.98 Å². The quantitative estimate of drug-likeness (QED) is 0.890. The number of hydrogen-bond donors (Lipinski definition) is 1. The SMILES string of the molecule is CC(O)Cc1csc(Cc2cccs2)n1. The molecule has 0 aliphatic rings. The van der Waals surface area contributed by atoms with Crippen LogP contribution in [0.2, 0.25) is 0 Å². The molecule has 4 heteroatoms. The molecule has 80 valence electrons. The van der Waals surface area contributed by atoms with Crippen LogP contribution in [0.4, 0.5) is 0 Å². The zero-order valence-electron chi connectivity index (χ0n) is 8.51. The Morgan fingerprint density at radius 1 is 1.47 bits per heavy atom. The van der Waals surface area contributed by atoms with E-state index in [-0.39, 0.29) is 6.10 Å². The Kier molecular flexibility index (Phi) is 3.51. The van der Waals surface area contributed by atoms with Crippen LogP contribution < -0.4 is 0 Å². The minimum absolute atomic E-state index is 0.304. The zero-order valence-corrected chi connectivity index (χ0v) is 10.1. The molecule has 1 unspecified atom stereocenters. The molecule has 2 rings (SSSR count). The van der Waals surface area contributed by atoms with Gasteiger partial charge in [0.1, 0.15) is 0 Å². The molecule has 0 spiro atoms. The van der Waals surface area contributed by atoms with Crippen LogP contribution in [0, 0.1) is 0 Å². The summed E-state index contributed by atoms with van der Waals surface area (Å²) in [6.45, 7) is 1.79. The zero-order chi connectivity index (χ0) is 10.7. The Balaban J connectivity index is 2.01. The van der Waals surface area contributed by atoms with Crippen LogP contribution >= 0.6 is 22.7 Å². The molecule has 2 nitrogen and oxygen atoms in total. The number of rotatable bonds is 4. The monoisotopic (exact) mass is 239 g/mol. The third-order valence-electron chi connectivity index (χ3n) is 2.01. The van der Waals surface area contributed by atoms with Gasteiger partial charge in [-0.1, -0.05) is 6.07 Å². The van der Waals surface area contributed by atoms with E-state index in [1.54, 1.807) is 29.6 Å². The van der Waals surface area contributed by atoms with E-state index in [1.807, 2.05) is 5.38 Å². The Labute approximate surface area is 97.2 Å². The third kappa shape index (κ3) is 3.12. The van der Waals surface area contributed by atoms with Crippen molar-refractivity contribution in [2.75, 3.05) is 0 Å².